The first-order valence-electron chi connectivity index (χ1n) is 15.6. The van der Waals surface area contributed by atoms with Crippen LogP contribution in [0, 0.1) is 0 Å². The number of para-hydroxylation sites is 3. The van der Waals surface area contributed by atoms with Crippen molar-refractivity contribution >= 4 is 37.3 Å². The quantitative estimate of drug-likeness (QED) is 0.167. The van der Waals surface area contributed by atoms with Crippen LogP contribution in [0.5, 0.6) is 0 Å². The molecule has 0 aliphatic carbocycles. The molecule has 0 atom stereocenters. The van der Waals surface area contributed by atoms with Crippen LogP contribution in [0.3, 0.4) is 0 Å². The highest BCUT2D eigenvalue weighted by atomic mass is 32.3. The van der Waals surface area contributed by atoms with E-state index in [2.05, 4.69) is 0 Å². The molecule has 6 rings (SSSR count). The molecule has 3 nitrogen and oxygen atoms in total. The van der Waals surface area contributed by atoms with E-state index >= 15 is 62.3 Å². The van der Waals surface area contributed by atoms with Crippen molar-refractivity contribution < 1.29 is 62.3 Å². The summed E-state index contributed by atoms with van der Waals surface area (Å²) in [6, 6.07) is 20.1. The standard InChI is InChI=1S/C38H23F12NO2S/c39-35(40,41)33(36(42,43)44,24-14-4-1-5-15-24)31(52)54(32(53)34(37(45,46)47,38(48,49)50)25-16-6-2-7-17-25)29-22-12-10-20-27(29)51(26-18-8-3-9-19-26)28-21-11-13-23-30(28)54/h1-23H. The third-order valence-corrected chi connectivity index (χ3v) is 12.9. The van der Waals surface area contributed by atoms with E-state index in [1.165, 1.54) is 30.3 Å². The summed E-state index contributed by atoms with van der Waals surface area (Å²) in [6.07, 6.45) is -27.2. The number of alkyl halides is 12. The minimum Gasteiger partial charge on any atom is -0.308 e. The van der Waals surface area contributed by atoms with Crippen molar-refractivity contribution in [1.82, 2.24) is 0 Å². The van der Waals surface area contributed by atoms with E-state index in [1.54, 1.807) is 0 Å². The zero-order valence-corrected chi connectivity index (χ0v) is 27.8. The van der Waals surface area contributed by atoms with Crippen molar-refractivity contribution in [2.24, 2.45) is 0 Å². The van der Waals surface area contributed by atoms with Crippen molar-refractivity contribution in [1.29, 1.82) is 0 Å². The van der Waals surface area contributed by atoms with Gasteiger partial charge in [-0.2, -0.15) is 52.7 Å². The van der Waals surface area contributed by atoms with Crippen LogP contribution in [-0.2, 0) is 20.4 Å². The summed E-state index contributed by atoms with van der Waals surface area (Å²) < 4.78 is 188. The van der Waals surface area contributed by atoms with Crippen LogP contribution in [0.4, 0.5) is 69.7 Å². The maximum Gasteiger partial charge on any atom is 0.415 e. The zero-order valence-electron chi connectivity index (χ0n) is 27.0. The lowest BCUT2D eigenvalue weighted by molar-refractivity contribution is -0.288. The van der Waals surface area contributed by atoms with E-state index in [4.69, 9.17) is 0 Å². The molecule has 5 aromatic rings. The molecule has 0 N–H and O–H groups in total. The second kappa shape index (κ2) is 13.0. The molecule has 0 saturated carbocycles. The summed E-state index contributed by atoms with van der Waals surface area (Å²) in [7, 11) is -6.16. The van der Waals surface area contributed by atoms with E-state index in [1.807, 2.05) is 0 Å². The first kappa shape index (κ1) is 38.5. The van der Waals surface area contributed by atoms with Gasteiger partial charge in [-0.25, -0.2) is 0 Å². The van der Waals surface area contributed by atoms with Gasteiger partial charge in [0.1, 0.15) is 0 Å². The van der Waals surface area contributed by atoms with E-state index in [0.29, 0.717) is 36.4 Å². The van der Waals surface area contributed by atoms with Crippen LogP contribution in [0.15, 0.2) is 149 Å². The zero-order chi connectivity index (χ0) is 39.5. The summed E-state index contributed by atoms with van der Waals surface area (Å²) >= 11 is 0. The van der Waals surface area contributed by atoms with Crippen LogP contribution in [0.1, 0.15) is 11.1 Å². The lowest BCUT2D eigenvalue weighted by Gasteiger charge is -2.53. The average molecular weight is 786 g/mol. The molecule has 0 fully saturated rings. The van der Waals surface area contributed by atoms with Crippen LogP contribution < -0.4 is 4.90 Å². The van der Waals surface area contributed by atoms with Crippen molar-refractivity contribution in [2.75, 3.05) is 4.90 Å². The lowest BCUT2D eigenvalue weighted by Crippen LogP contribution is -2.65. The second-order valence-electron chi connectivity index (χ2n) is 12.0. The average Bonchev–Trinajstić information content (AvgIpc) is 3.10. The Morgan fingerprint density at radius 2 is 0.667 bits per heavy atom. The van der Waals surface area contributed by atoms with Crippen LogP contribution in [0.2, 0.25) is 0 Å². The normalized spacial score (nSPS) is 15.5. The first-order valence-corrected chi connectivity index (χ1v) is 17.2. The number of carbonyl (C=O) groups is 2. The molecular weight excluding hydrogens is 762 g/mol. The van der Waals surface area contributed by atoms with Crippen LogP contribution in [0.25, 0.3) is 0 Å². The summed E-state index contributed by atoms with van der Waals surface area (Å²) in [5.74, 6) is 0. The third-order valence-electron chi connectivity index (χ3n) is 9.17. The van der Waals surface area contributed by atoms with Crippen molar-refractivity contribution in [3.8, 4) is 0 Å². The van der Waals surface area contributed by atoms with Gasteiger partial charge in [0.05, 0.1) is 11.4 Å². The number of carbonyl (C=O) groups excluding carboxylic acids is 2. The Hall–Kier alpha value is -5.25. The highest BCUT2D eigenvalue weighted by molar-refractivity contribution is 8.56. The second-order valence-corrected chi connectivity index (χ2v) is 14.9. The van der Waals surface area contributed by atoms with Gasteiger partial charge in [-0.05, 0) is 47.5 Å². The van der Waals surface area contributed by atoms with Gasteiger partial charge in [0.2, 0.25) is 10.2 Å². The molecule has 0 radical (unpaired) electrons. The van der Waals surface area contributed by atoms with E-state index < -0.39 is 88.1 Å². The van der Waals surface area contributed by atoms with Crippen LogP contribution in [-0.4, -0.2) is 34.9 Å². The monoisotopic (exact) mass is 785 g/mol. The molecule has 1 aliphatic heterocycles. The molecule has 5 aromatic carbocycles. The number of anilines is 3. The summed E-state index contributed by atoms with van der Waals surface area (Å²) in [4.78, 5) is 29.5. The van der Waals surface area contributed by atoms with E-state index in [9.17, 15) is 0 Å². The van der Waals surface area contributed by atoms with Gasteiger partial charge in [-0.1, -0.05) is 113 Å². The molecular formula is C38H23F12NO2S. The molecule has 282 valence electrons. The van der Waals surface area contributed by atoms with Crippen molar-refractivity contribution in [3.05, 3.63) is 151 Å². The SMILES string of the molecule is O=C(C(c1ccccc1)(C(F)(F)F)C(F)(F)F)S1(C(=O)C(c2ccccc2)(C(F)(F)F)C(F)(F)F)c2ccccc2N(c2ccccc2)c2ccccc21. The van der Waals surface area contributed by atoms with Crippen LogP contribution >= 0.6 is 10.0 Å². The topological polar surface area (TPSA) is 37.4 Å². The number of rotatable bonds is 5. The van der Waals surface area contributed by atoms with Crippen molar-refractivity contribution in [3.63, 3.8) is 0 Å². The Morgan fingerprint density at radius 1 is 0.389 bits per heavy atom. The Balaban J connectivity index is 1.93. The fourth-order valence-corrected chi connectivity index (χ4v) is 11.2. The van der Waals surface area contributed by atoms with Gasteiger partial charge in [0.15, 0.2) is 0 Å². The number of hydrogen-bond acceptors (Lipinski definition) is 3. The molecule has 0 bridgehead atoms. The predicted octanol–water partition coefficient (Wildman–Crippen LogP) is 11.9. The van der Waals surface area contributed by atoms with Gasteiger partial charge in [-0.15, -0.1) is 0 Å². The molecule has 54 heavy (non-hydrogen) atoms. The number of hydrogen-bond donors (Lipinski definition) is 0. The number of benzene rings is 5. The fourth-order valence-electron chi connectivity index (χ4n) is 6.90. The van der Waals surface area contributed by atoms with Gasteiger partial charge in [-0.3, -0.25) is 9.59 Å². The number of halogens is 12. The molecule has 0 saturated heterocycles. The third kappa shape index (κ3) is 5.23. The Bertz CT molecular complexity index is 2020. The molecule has 0 aromatic heterocycles. The van der Waals surface area contributed by atoms with Crippen molar-refractivity contribution in [2.45, 2.75) is 45.3 Å². The van der Waals surface area contributed by atoms with Gasteiger partial charge < -0.3 is 4.90 Å². The molecule has 16 heteroatoms. The Labute approximate surface area is 300 Å². The predicted molar refractivity (Wildman–Crippen MR) is 176 cm³/mol. The van der Waals surface area contributed by atoms with Gasteiger partial charge in [0, 0.05) is 15.5 Å². The lowest BCUT2D eigenvalue weighted by atomic mass is 9.79. The van der Waals surface area contributed by atoms with E-state index in [0.717, 1.165) is 53.4 Å². The summed E-state index contributed by atoms with van der Waals surface area (Å²) in [5, 5.41) is -6.51. The first-order chi connectivity index (χ1) is 25.2. The Morgan fingerprint density at radius 3 is 0.981 bits per heavy atom. The summed E-state index contributed by atoms with van der Waals surface area (Å²) in [5.41, 5.74) is -16.6. The largest absolute Gasteiger partial charge is 0.415 e. The minimum absolute atomic E-state index is 0.0900. The molecule has 0 spiro atoms. The maximum atomic E-state index is 15.7. The summed E-state index contributed by atoms with van der Waals surface area (Å²) in [6.45, 7) is 0. The smallest absolute Gasteiger partial charge is 0.308 e. The van der Waals surface area contributed by atoms with Gasteiger partial charge >= 0.3 is 24.7 Å². The molecule has 0 amide bonds. The molecule has 1 heterocycles. The highest BCUT2D eigenvalue weighted by Gasteiger charge is 2.84. The van der Waals surface area contributed by atoms with Gasteiger partial charge in [0.25, 0.3) is 10.8 Å². The molecule has 1 aliphatic rings. The van der Waals surface area contributed by atoms with E-state index in [-0.39, 0.29) is 30.0 Å². The Kier molecular flexibility index (Phi) is 9.23. The minimum atomic E-state index is -6.80. The molecule has 0 unspecified atom stereocenters. The maximum absolute atomic E-state index is 15.7. The fraction of sp³-hybridized carbons (Fsp3) is 0.158. The number of fused-ring (bicyclic) bond motifs is 2. The highest BCUT2D eigenvalue weighted by Crippen LogP contribution is 2.79. The number of nitrogens with zero attached hydrogens (tertiary/aromatic N) is 1.